The summed E-state index contributed by atoms with van der Waals surface area (Å²) in [5.41, 5.74) is 6.90. The normalized spacial score (nSPS) is 19.6. The lowest BCUT2D eigenvalue weighted by molar-refractivity contribution is -0.121. The highest BCUT2D eigenvalue weighted by atomic mass is 35.5. The number of pyridine rings is 1. The van der Waals surface area contributed by atoms with Crippen molar-refractivity contribution in [2.45, 2.75) is 5.41 Å². The zero-order valence-electron chi connectivity index (χ0n) is 14.6. The maximum atomic E-state index is 12.3. The van der Waals surface area contributed by atoms with E-state index in [4.69, 9.17) is 17.3 Å². The fraction of sp³-hybridized carbons (Fsp3) is 0.211. The molecule has 8 heteroatoms. The largest absolute Gasteiger partial charge is 0.369 e. The molecular formula is C19H18ClN3O3S. The Morgan fingerprint density at radius 3 is 2.63 bits per heavy atom. The molecule has 1 aromatic heterocycles. The number of carbonyl (C=O) groups is 1. The van der Waals surface area contributed by atoms with Gasteiger partial charge in [-0.3, -0.25) is 14.8 Å². The van der Waals surface area contributed by atoms with E-state index in [2.05, 4.69) is 9.98 Å². The maximum Gasteiger partial charge on any atom is 0.233 e. The number of dihydropyridines is 1. The van der Waals surface area contributed by atoms with Crippen LogP contribution >= 0.6 is 11.6 Å². The lowest BCUT2D eigenvalue weighted by Gasteiger charge is -2.29. The number of nitrogens with two attached hydrogens (primary N) is 1. The topological polar surface area (TPSA) is 102 Å². The monoisotopic (exact) mass is 403 g/mol. The zero-order chi connectivity index (χ0) is 19.7. The third-order valence-electron chi connectivity index (χ3n) is 4.36. The highest BCUT2D eigenvalue weighted by molar-refractivity contribution is 7.91. The Labute approximate surface area is 162 Å². The van der Waals surface area contributed by atoms with Gasteiger partial charge in [-0.2, -0.15) is 0 Å². The Kier molecular flexibility index (Phi) is 5.17. The molecule has 3 rings (SSSR count). The van der Waals surface area contributed by atoms with Crippen LogP contribution in [0, 0.1) is 0 Å². The van der Waals surface area contributed by atoms with Gasteiger partial charge in [-0.25, -0.2) is 8.42 Å². The maximum absolute atomic E-state index is 12.3. The van der Waals surface area contributed by atoms with Gasteiger partial charge in [0.15, 0.2) is 9.84 Å². The number of halogens is 1. The Morgan fingerprint density at radius 1 is 1.30 bits per heavy atom. The van der Waals surface area contributed by atoms with Crippen molar-refractivity contribution in [1.29, 1.82) is 0 Å². The molecule has 1 atom stereocenters. The SMILES string of the molecule is CS(=O)(=O)CC1=NCC(C(N)=O)(c2ccc(Cl)c(-c3ccccn3)c2)C=C1. The second kappa shape index (κ2) is 7.25. The molecule has 1 amide bonds. The van der Waals surface area contributed by atoms with E-state index in [0.717, 1.165) is 6.26 Å². The molecule has 2 aromatic rings. The summed E-state index contributed by atoms with van der Waals surface area (Å²) >= 11 is 6.32. The summed E-state index contributed by atoms with van der Waals surface area (Å²) in [5, 5.41) is 0.498. The molecule has 1 aromatic carbocycles. The number of sulfone groups is 1. The number of hydrogen-bond acceptors (Lipinski definition) is 5. The summed E-state index contributed by atoms with van der Waals surface area (Å²) in [6.45, 7) is 0.0347. The van der Waals surface area contributed by atoms with Crippen LogP contribution in [0.4, 0.5) is 0 Å². The first-order chi connectivity index (χ1) is 12.7. The minimum absolute atomic E-state index is 0.0347. The van der Waals surface area contributed by atoms with E-state index in [0.29, 0.717) is 27.6 Å². The lowest BCUT2D eigenvalue weighted by atomic mass is 9.77. The van der Waals surface area contributed by atoms with Crippen LogP contribution in [0.5, 0.6) is 0 Å². The van der Waals surface area contributed by atoms with Gasteiger partial charge < -0.3 is 5.73 Å². The van der Waals surface area contributed by atoms with E-state index in [1.54, 1.807) is 42.6 Å². The third-order valence-corrected chi connectivity index (χ3v) is 5.51. The number of amides is 1. The molecule has 0 spiro atoms. The van der Waals surface area contributed by atoms with Gasteiger partial charge in [0, 0.05) is 28.8 Å². The molecule has 2 heterocycles. The van der Waals surface area contributed by atoms with Crippen molar-refractivity contribution in [1.82, 2.24) is 4.98 Å². The summed E-state index contributed by atoms with van der Waals surface area (Å²) in [6, 6.07) is 10.7. The van der Waals surface area contributed by atoms with Gasteiger partial charge in [-0.05, 0) is 35.9 Å². The van der Waals surface area contributed by atoms with Crippen molar-refractivity contribution >= 4 is 33.1 Å². The number of allylic oxidation sites excluding steroid dienone is 1. The number of primary amides is 1. The average molecular weight is 404 g/mol. The standard InChI is InChI=1S/C19H18ClN3O3S/c1-27(25,26)11-14-7-8-19(12-23-14,18(21)24)13-5-6-16(20)15(10-13)17-4-2-3-9-22-17/h2-10H,11-12H2,1H3,(H2,21,24). The van der Waals surface area contributed by atoms with Gasteiger partial charge in [0.25, 0.3) is 0 Å². The van der Waals surface area contributed by atoms with Gasteiger partial charge in [-0.1, -0.05) is 29.8 Å². The summed E-state index contributed by atoms with van der Waals surface area (Å²) in [5.74, 6) is -0.756. The second-order valence-corrected chi connectivity index (χ2v) is 9.00. The van der Waals surface area contributed by atoms with Gasteiger partial charge in [-0.15, -0.1) is 0 Å². The molecule has 6 nitrogen and oxygen atoms in total. The molecule has 1 unspecified atom stereocenters. The number of nitrogens with zero attached hydrogens (tertiary/aromatic N) is 2. The molecule has 0 aliphatic carbocycles. The van der Waals surface area contributed by atoms with E-state index in [1.807, 2.05) is 12.1 Å². The van der Waals surface area contributed by atoms with E-state index >= 15 is 0 Å². The fourth-order valence-corrected chi connectivity index (χ4v) is 3.88. The van der Waals surface area contributed by atoms with E-state index < -0.39 is 21.2 Å². The number of hydrogen-bond donors (Lipinski definition) is 1. The number of aromatic nitrogens is 1. The Morgan fingerprint density at radius 2 is 2.07 bits per heavy atom. The average Bonchev–Trinajstić information content (AvgIpc) is 2.62. The predicted octanol–water partition coefficient (Wildman–Crippen LogP) is 2.18. The highest BCUT2D eigenvalue weighted by Crippen LogP contribution is 2.35. The van der Waals surface area contributed by atoms with Crippen LogP contribution < -0.4 is 5.73 Å². The third kappa shape index (κ3) is 4.09. The van der Waals surface area contributed by atoms with Gasteiger partial charge in [0.2, 0.25) is 5.91 Å². The second-order valence-electron chi connectivity index (χ2n) is 6.46. The van der Waals surface area contributed by atoms with Crippen LogP contribution in [0.25, 0.3) is 11.3 Å². The number of rotatable bonds is 5. The summed E-state index contributed by atoms with van der Waals surface area (Å²) in [6.07, 6.45) is 5.96. The molecule has 0 saturated carbocycles. The van der Waals surface area contributed by atoms with Crippen molar-refractivity contribution in [3.8, 4) is 11.3 Å². The van der Waals surface area contributed by atoms with Crippen LogP contribution in [0.3, 0.4) is 0 Å². The van der Waals surface area contributed by atoms with Gasteiger partial charge in [0.05, 0.1) is 18.0 Å². The quantitative estimate of drug-likeness (QED) is 0.826. The number of aliphatic imine (C=N–C) groups is 1. The molecule has 27 heavy (non-hydrogen) atoms. The summed E-state index contributed by atoms with van der Waals surface area (Å²) in [4.78, 5) is 20.9. The van der Waals surface area contributed by atoms with Crippen LogP contribution in [0.2, 0.25) is 5.02 Å². The predicted molar refractivity (Wildman–Crippen MR) is 107 cm³/mol. The Balaban J connectivity index is 2.03. The number of benzene rings is 1. The zero-order valence-corrected chi connectivity index (χ0v) is 16.2. The van der Waals surface area contributed by atoms with Crippen molar-refractivity contribution in [3.05, 3.63) is 65.3 Å². The first-order valence-corrected chi connectivity index (χ1v) is 10.6. The van der Waals surface area contributed by atoms with E-state index in [-0.39, 0.29) is 12.3 Å². The number of carbonyl (C=O) groups excluding carboxylic acids is 1. The van der Waals surface area contributed by atoms with Crippen LogP contribution in [0.15, 0.2) is 59.7 Å². The lowest BCUT2D eigenvalue weighted by Crippen LogP contribution is -2.44. The fourth-order valence-electron chi connectivity index (χ4n) is 2.94. The van der Waals surface area contributed by atoms with Crippen molar-refractivity contribution in [2.24, 2.45) is 10.7 Å². The molecule has 0 bridgehead atoms. The molecule has 0 fully saturated rings. The van der Waals surface area contributed by atoms with Crippen molar-refractivity contribution in [3.63, 3.8) is 0 Å². The van der Waals surface area contributed by atoms with E-state index in [9.17, 15) is 13.2 Å². The molecular weight excluding hydrogens is 386 g/mol. The Hall–Kier alpha value is -2.51. The first-order valence-electron chi connectivity index (χ1n) is 8.13. The van der Waals surface area contributed by atoms with Gasteiger partial charge >= 0.3 is 0 Å². The summed E-state index contributed by atoms with van der Waals surface area (Å²) in [7, 11) is -3.22. The molecule has 0 saturated heterocycles. The minimum Gasteiger partial charge on any atom is -0.369 e. The van der Waals surface area contributed by atoms with Gasteiger partial charge in [0.1, 0.15) is 5.41 Å². The van der Waals surface area contributed by atoms with Crippen LogP contribution in [0.1, 0.15) is 5.56 Å². The summed E-state index contributed by atoms with van der Waals surface area (Å²) < 4.78 is 23.0. The van der Waals surface area contributed by atoms with Crippen molar-refractivity contribution < 1.29 is 13.2 Å². The molecule has 0 radical (unpaired) electrons. The Bertz CT molecular complexity index is 1050. The smallest absolute Gasteiger partial charge is 0.233 e. The highest BCUT2D eigenvalue weighted by Gasteiger charge is 2.38. The minimum atomic E-state index is -3.22. The molecule has 1 aliphatic heterocycles. The first kappa shape index (κ1) is 19.3. The molecule has 140 valence electrons. The van der Waals surface area contributed by atoms with Crippen LogP contribution in [-0.4, -0.2) is 43.6 Å². The van der Waals surface area contributed by atoms with Crippen molar-refractivity contribution in [2.75, 3.05) is 18.6 Å². The molecule has 2 N–H and O–H groups in total. The molecule has 1 aliphatic rings. The van der Waals surface area contributed by atoms with Crippen LogP contribution in [-0.2, 0) is 20.0 Å². The van der Waals surface area contributed by atoms with E-state index in [1.165, 1.54) is 0 Å².